The zero-order chi connectivity index (χ0) is 8.60. The molecule has 0 radical (unpaired) electrons. The minimum Gasteiger partial charge on any atom is -0.469 e. The van der Waals surface area contributed by atoms with Crippen LogP contribution in [0.4, 0.5) is 0 Å². The lowest BCUT2D eigenvalue weighted by Crippen LogP contribution is -2.42. The van der Waals surface area contributed by atoms with Gasteiger partial charge in [0.15, 0.2) is 0 Å². The lowest BCUT2D eigenvalue weighted by molar-refractivity contribution is -0.153. The monoisotopic (exact) mass is 205 g/mol. The second kappa shape index (κ2) is 3.84. The van der Waals surface area contributed by atoms with E-state index in [4.69, 9.17) is 4.74 Å². The number of halogens is 1. The first-order valence-electron chi connectivity index (χ1n) is 4.54. The molecule has 0 aromatic heterocycles. The second-order valence-corrected chi connectivity index (χ2v) is 4.06. The van der Waals surface area contributed by atoms with E-state index in [2.05, 4.69) is 5.32 Å². The molecule has 3 nitrogen and oxygen atoms in total. The summed E-state index contributed by atoms with van der Waals surface area (Å²) >= 11 is 0. The molecule has 0 bridgehead atoms. The molecule has 0 unspecified atom stereocenters. The highest BCUT2D eigenvalue weighted by Crippen LogP contribution is 2.49. The van der Waals surface area contributed by atoms with E-state index in [-0.39, 0.29) is 24.3 Å². The molecule has 1 heterocycles. The molecule has 2 aliphatic rings. The number of hydrogen-bond donors (Lipinski definition) is 1. The van der Waals surface area contributed by atoms with Crippen molar-refractivity contribution in [3.8, 4) is 0 Å². The molecule has 0 aromatic rings. The molecule has 0 amide bonds. The average Bonchev–Trinajstić information content (AvgIpc) is 2.48. The molecule has 1 aliphatic heterocycles. The number of nitrogens with one attached hydrogen (secondary N) is 1. The zero-order valence-electron chi connectivity index (χ0n) is 7.84. The van der Waals surface area contributed by atoms with Crippen LogP contribution in [0.5, 0.6) is 0 Å². The Morgan fingerprint density at radius 3 is 2.69 bits per heavy atom. The van der Waals surface area contributed by atoms with Gasteiger partial charge in [-0.2, -0.15) is 0 Å². The first-order valence-corrected chi connectivity index (χ1v) is 4.54. The van der Waals surface area contributed by atoms with Gasteiger partial charge in [0.2, 0.25) is 0 Å². The summed E-state index contributed by atoms with van der Waals surface area (Å²) < 4.78 is 4.70. The summed E-state index contributed by atoms with van der Waals surface area (Å²) in [5.74, 6) is 0.169. The number of rotatable bonds is 1. The molecular formula is C9H16ClNO2. The van der Waals surface area contributed by atoms with Crippen molar-refractivity contribution in [1.29, 1.82) is 0 Å². The van der Waals surface area contributed by atoms with Crippen LogP contribution >= 0.6 is 12.4 Å². The van der Waals surface area contributed by atoms with Crippen molar-refractivity contribution in [1.82, 2.24) is 5.32 Å². The second-order valence-electron chi connectivity index (χ2n) is 4.06. The highest BCUT2D eigenvalue weighted by molar-refractivity contribution is 5.85. The van der Waals surface area contributed by atoms with Crippen molar-refractivity contribution < 1.29 is 9.53 Å². The molecule has 2 rings (SSSR count). The van der Waals surface area contributed by atoms with Crippen LogP contribution in [0.3, 0.4) is 0 Å². The van der Waals surface area contributed by atoms with E-state index in [0.717, 1.165) is 25.9 Å². The summed E-state index contributed by atoms with van der Waals surface area (Å²) in [6.07, 6.45) is 3.31. The number of ether oxygens (including phenoxy) is 1. The fourth-order valence-corrected chi connectivity index (χ4v) is 2.46. The highest BCUT2D eigenvalue weighted by atomic mass is 35.5. The number of carbonyl (C=O) groups excluding carboxylic acids is 1. The molecule has 1 N–H and O–H groups in total. The van der Waals surface area contributed by atoms with Crippen LogP contribution in [0.2, 0.25) is 0 Å². The van der Waals surface area contributed by atoms with Gasteiger partial charge in [0.25, 0.3) is 0 Å². The third kappa shape index (κ3) is 1.81. The van der Waals surface area contributed by atoms with E-state index in [1.165, 1.54) is 13.5 Å². The quantitative estimate of drug-likeness (QED) is 0.649. The van der Waals surface area contributed by atoms with E-state index in [0.29, 0.717) is 5.41 Å². The van der Waals surface area contributed by atoms with Gasteiger partial charge in [0.1, 0.15) is 0 Å². The summed E-state index contributed by atoms with van der Waals surface area (Å²) in [6.45, 7) is 2.22. The van der Waals surface area contributed by atoms with Crippen molar-refractivity contribution in [2.45, 2.75) is 19.3 Å². The van der Waals surface area contributed by atoms with Crippen molar-refractivity contribution in [3.05, 3.63) is 0 Å². The van der Waals surface area contributed by atoms with Gasteiger partial charge >= 0.3 is 5.97 Å². The maximum atomic E-state index is 11.1. The van der Waals surface area contributed by atoms with Crippen LogP contribution in [0.1, 0.15) is 19.3 Å². The summed E-state index contributed by atoms with van der Waals surface area (Å²) in [5, 5.41) is 3.34. The van der Waals surface area contributed by atoms with Crippen molar-refractivity contribution in [3.63, 3.8) is 0 Å². The minimum absolute atomic E-state index is 0. The Bertz CT molecular complexity index is 194. The lowest BCUT2D eigenvalue weighted by atomic mass is 9.61. The predicted molar refractivity (Wildman–Crippen MR) is 51.9 cm³/mol. The molecular weight excluding hydrogens is 190 g/mol. The Morgan fingerprint density at radius 1 is 1.54 bits per heavy atom. The number of carbonyl (C=O) groups is 1. The molecule has 13 heavy (non-hydrogen) atoms. The molecule has 76 valence electrons. The van der Waals surface area contributed by atoms with Crippen LogP contribution in [0.15, 0.2) is 0 Å². The Balaban J connectivity index is 0.000000845. The van der Waals surface area contributed by atoms with Gasteiger partial charge in [0.05, 0.1) is 13.0 Å². The van der Waals surface area contributed by atoms with E-state index in [9.17, 15) is 4.79 Å². The maximum Gasteiger partial charge on any atom is 0.308 e. The summed E-state index contributed by atoms with van der Waals surface area (Å²) in [7, 11) is 1.47. The van der Waals surface area contributed by atoms with Gasteiger partial charge in [-0.3, -0.25) is 4.79 Å². The number of esters is 1. The van der Waals surface area contributed by atoms with Crippen LogP contribution in [-0.2, 0) is 9.53 Å². The molecule has 2 fully saturated rings. The molecule has 0 aromatic carbocycles. The van der Waals surface area contributed by atoms with Crippen molar-refractivity contribution in [2.24, 2.45) is 11.3 Å². The van der Waals surface area contributed by atoms with Crippen LogP contribution < -0.4 is 5.32 Å². The van der Waals surface area contributed by atoms with Gasteiger partial charge in [-0.25, -0.2) is 0 Å². The summed E-state index contributed by atoms with van der Waals surface area (Å²) in [5.41, 5.74) is 0.457. The van der Waals surface area contributed by atoms with E-state index in [1.807, 2.05) is 0 Å². The van der Waals surface area contributed by atoms with Crippen LogP contribution in [-0.4, -0.2) is 26.2 Å². The zero-order valence-corrected chi connectivity index (χ0v) is 8.65. The molecule has 0 atom stereocenters. The van der Waals surface area contributed by atoms with E-state index < -0.39 is 0 Å². The van der Waals surface area contributed by atoms with Gasteiger partial charge in [-0.1, -0.05) is 0 Å². The first kappa shape index (κ1) is 10.8. The predicted octanol–water partition coefficient (Wildman–Crippen LogP) is 0.971. The molecule has 4 heteroatoms. The van der Waals surface area contributed by atoms with Gasteiger partial charge in [-0.05, 0) is 31.2 Å². The maximum absolute atomic E-state index is 11.1. The van der Waals surface area contributed by atoms with E-state index in [1.54, 1.807) is 0 Å². The Hall–Kier alpha value is -0.280. The van der Waals surface area contributed by atoms with Gasteiger partial charge in [0, 0.05) is 6.54 Å². The van der Waals surface area contributed by atoms with Crippen molar-refractivity contribution in [2.75, 3.05) is 20.2 Å². The first-order chi connectivity index (χ1) is 5.76. The molecule has 1 saturated carbocycles. The van der Waals surface area contributed by atoms with Gasteiger partial charge < -0.3 is 10.1 Å². The molecule has 1 aliphatic carbocycles. The van der Waals surface area contributed by atoms with Crippen molar-refractivity contribution >= 4 is 18.4 Å². The van der Waals surface area contributed by atoms with Crippen LogP contribution in [0, 0.1) is 11.3 Å². The topological polar surface area (TPSA) is 38.3 Å². The lowest BCUT2D eigenvalue weighted by Gasteiger charge is -2.43. The smallest absolute Gasteiger partial charge is 0.308 e. The SMILES string of the molecule is COC(=O)C1CC2(CCNC2)C1.Cl. The highest BCUT2D eigenvalue weighted by Gasteiger charge is 2.48. The number of methoxy groups -OCH3 is 1. The standard InChI is InChI=1S/C9H15NO2.ClH/c1-12-8(11)7-4-9(5-7)2-3-10-6-9;/h7,10H,2-6H2,1H3;1H. The van der Waals surface area contributed by atoms with Gasteiger partial charge in [-0.15, -0.1) is 12.4 Å². The minimum atomic E-state index is -0.0208. The summed E-state index contributed by atoms with van der Waals surface area (Å²) in [4.78, 5) is 11.1. The fraction of sp³-hybridized carbons (Fsp3) is 0.889. The summed E-state index contributed by atoms with van der Waals surface area (Å²) in [6, 6.07) is 0. The Kier molecular flexibility index (Phi) is 3.19. The average molecular weight is 206 g/mol. The van der Waals surface area contributed by atoms with Crippen LogP contribution in [0.25, 0.3) is 0 Å². The molecule has 1 saturated heterocycles. The number of hydrogen-bond acceptors (Lipinski definition) is 3. The third-order valence-corrected chi connectivity index (χ3v) is 3.23. The van der Waals surface area contributed by atoms with E-state index >= 15 is 0 Å². The fourth-order valence-electron chi connectivity index (χ4n) is 2.46. The largest absolute Gasteiger partial charge is 0.469 e. The molecule has 1 spiro atoms. The normalized spacial score (nSPS) is 36.5. The third-order valence-electron chi connectivity index (χ3n) is 3.23. The Morgan fingerprint density at radius 2 is 2.23 bits per heavy atom. The Labute approximate surface area is 84.6 Å².